The van der Waals surface area contributed by atoms with Crippen molar-refractivity contribution in [3.05, 3.63) is 12.4 Å². The monoisotopic (exact) mass is 305 g/mol. The van der Waals surface area contributed by atoms with Gasteiger partial charge < -0.3 is 19.8 Å². The fourth-order valence-electron chi connectivity index (χ4n) is 2.68. The zero-order chi connectivity index (χ0) is 15.7. The first-order valence-electron chi connectivity index (χ1n) is 7.75. The number of amides is 1. The summed E-state index contributed by atoms with van der Waals surface area (Å²) in [7, 11) is 3.74. The Balaban J connectivity index is 1.67. The van der Waals surface area contributed by atoms with Crippen molar-refractivity contribution in [2.24, 2.45) is 5.92 Å². The van der Waals surface area contributed by atoms with Gasteiger partial charge in [0.2, 0.25) is 5.91 Å². The van der Waals surface area contributed by atoms with Gasteiger partial charge in [0.15, 0.2) is 0 Å². The van der Waals surface area contributed by atoms with Crippen molar-refractivity contribution in [2.75, 3.05) is 50.1 Å². The summed E-state index contributed by atoms with van der Waals surface area (Å²) in [5, 5.41) is 10.1. The third-order valence-electron chi connectivity index (χ3n) is 4.44. The molecule has 0 radical (unpaired) electrons. The van der Waals surface area contributed by atoms with Crippen LogP contribution in [0.25, 0.3) is 0 Å². The maximum Gasteiger partial charge on any atom is 0.241 e. The maximum atomic E-state index is 11.8. The summed E-state index contributed by atoms with van der Waals surface area (Å²) in [5.41, 5.74) is 0. The molecule has 0 aromatic carbocycles. The Kier molecular flexibility index (Phi) is 4.15. The fraction of sp³-hybridized carbons (Fsp3) is 0.667. The molecule has 3 rings (SSSR count). The Labute approximate surface area is 130 Å². The first-order chi connectivity index (χ1) is 10.5. The van der Waals surface area contributed by atoms with Crippen molar-refractivity contribution in [1.82, 2.24) is 14.9 Å². The zero-order valence-corrected chi connectivity index (χ0v) is 13.1. The molecule has 0 bridgehead atoms. The first kappa shape index (κ1) is 15.0. The predicted octanol–water partition coefficient (Wildman–Crippen LogP) is -0.0379. The van der Waals surface area contributed by atoms with Gasteiger partial charge in [-0.3, -0.25) is 4.79 Å². The van der Waals surface area contributed by atoms with Crippen LogP contribution in [0.1, 0.15) is 12.8 Å². The number of aromatic nitrogens is 2. The second-order valence-corrected chi connectivity index (χ2v) is 6.26. The van der Waals surface area contributed by atoms with Crippen molar-refractivity contribution in [3.63, 3.8) is 0 Å². The number of nitrogens with zero attached hydrogens (tertiary/aromatic N) is 5. The number of rotatable bonds is 5. The number of hydrogen-bond donors (Lipinski definition) is 1. The molecule has 1 N–H and O–H groups in total. The summed E-state index contributed by atoms with van der Waals surface area (Å²) in [6, 6.07) is 1.89. The number of aliphatic hydroxyl groups excluding tert-OH is 1. The Morgan fingerprint density at radius 2 is 2.18 bits per heavy atom. The quantitative estimate of drug-likeness (QED) is 0.823. The van der Waals surface area contributed by atoms with Gasteiger partial charge in [-0.15, -0.1) is 0 Å². The van der Waals surface area contributed by atoms with Gasteiger partial charge in [0.1, 0.15) is 18.0 Å². The molecule has 1 aliphatic carbocycles. The van der Waals surface area contributed by atoms with E-state index < -0.39 is 0 Å². The first-order valence-corrected chi connectivity index (χ1v) is 7.75. The van der Waals surface area contributed by atoms with E-state index in [0.29, 0.717) is 25.6 Å². The molecule has 1 unspecified atom stereocenters. The van der Waals surface area contributed by atoms with E-state index in [-0.39, 0.29) is 12.0 Å². The summed E-state index contributed by atoms with van der Waals surface area (Å²) >= 11 is 0. The van der Waals surface area contributed by atoms with Gasteiger partial charge in [-0.1, -0.05) is 0 Å². The average molecular weight is 305 g/mol. The molecule has 1 saturated carbocycles. The van der Waals surface area contributed by atoms with Crippen molar-refractivity contribution < 1.29 is 9.90 Å². The molecule has 7 heteroatoms. The largest absolute Gasteiger partial charge is 0.391 e. The van der Waals surface area contributed by atoms with Gasteiger partial charge in [-0.25, -0.2) is 9.97 Å². The standard InChI is InChI=1S/C15H23N5O2/c1-18-5-6-20(9-15(18)22)14-7-13(16-10-17-14)19(2)8-12(21)11-3-4-11/h7,10-12,21H,3-6,8-9H2,1-2H3. The Hall–Kier alpha value is -1.89. The summed E-state index contributed by atoms with van der Waals surface area (Å²) in [6.45, 7) is 2.39. The highest BCUT2D eigenvalue weighted by Gasteiger charge is 2.30. The smallest absolute Gasteiger partial charge is 0.241 e. The average Bonchev–Trinajstić information content (AvgIpc) is 3.35. The lowest BCUT2D eigenvalue weighted by molar-refractivity contribution is -0.129. The van der Waals surface area contributed by atoms with Crippen LogP contribution in [0, 0.1) is 5.92 Å². The lowest BCUT2D eigenvalue weighted by Crippen LogP contribution is -2.48. The number of carbonyl (C=O) groups is 1. The molecule has 1 atom stereocenters. The third kappa shape index (κ3) is 3.30. The molecule has 1 amide bonds. The van der Waals surface area contributed by atoms with E-state index in [1.165, 1.54) is 6.33 Å². The van der Waals surface area contributed by atoms with Crippen LogP contribution in [0.2, 0.25) is 0 Å². The van der Waals surface area contributed by atoms with Gasteiger partial charge in [0, 0.05) is 39.8 Å². The van der Waals surface area contributed by atoms with Crippen molar-refractivity contribution >= 4 is 17.5 Å². The number of piperazine rings is 1. The molecule has 22 heavy (non-hydrogen) atoms. The molecule has 1 aromatic heterocycles. The minimum Gasteiger partial charge on any atom is -0.391 e. The van der Waals surface area contributed by atoms with Crippen molar-refractivity contribution in [1.29, 1.82) is 0 Å². The summed E-state index contributed by atoms with van der Waals surface area (Å²) in [4.78, 5) is 26.0. The van der Waals surface area contributed by atoms with E-state index in [1.807, 2.05) is 30.0 Å². The summed E-state index contributed by atoms with van der Waals surface area (Å²) in [5.74, 6) is 2.08. The van der Waals surface area contributed by atoms with Crippen molar-refractivity contribution in [3.8, 4) is 0 Å². The molecule has 1 aromatic rings. The Morgan fingerprint density at radius 1 is 1.41 bits per heavy atom. The molecule has 2 fully saturated rings. The van der Waals surface area contributed by atoms with Crippen LogP contribution in [0.3, 0.4) is 0 Å². The lowest BCUT2D eigenvalue weighted by atomic mass is 10.2. The number of anilines is 2. The summed E-state index contributed by atoms with van der Waals surface area (Å²) in [6.07, 6.45) is 3.46. The van der Waals surface area contributed by atoms with Crippen LogP contribution in [-0.4, -0.2) is 72.3 Å². The van der Waals surface area contributed by atoms with Crippen LogP contribution >= 0.6 is 0 Å². The Bertz CT molecular complexity index is 548. The van der Waals surface area contributed by atoms with E-state index in [2.05, 4.69) is 9.97 Å². The van der Waals surface area contributed by atoms with Crippen LogP contribution in [-0.2, 0) is 4.79 Å². The number of likely N-dealkylation sites (N-methyl/N-ethyl adjacent to an activating group) is 2. The van der Waals surface area contributed by atoms with E-state index in [4.69, 9.17) is 0 Å². The van der Waals surface area contributed by atoms with Crippen molar-refractivity contribution in [2.45, 2.75) is 18.9 Å². The molecule has 1 aliphatic heterocycles. The van der Waals surface area contributed by atoms with Gasteiger partial charge in [-0.2, -0.15) is 0 Å². The fourth-order valence-corrected chi connectivity index (χ4v) is 2.68. The second kappa shape index (κ2) is 6.08. The van der Waals surface area contributed by atoms with E-state index in [9.17, 15) is 9.90 Å². The maximum absolute atomic E-state index is 11.8. The highest BCUT2D eigenvalue weighted by atomic mass is 16.3. The molecule has 2 heterocycles. The highest BCUT2D eigenvalue weighted by molar-refractivity contribution is 5.82. The normalized spacial score (nSPS) is 20.2. The van der Waals surface area contributed by atoms with Gasteiger partial charge in [0.05, 0.1) is 12.6 Å². The molecule has 0 spiro atoms. The highest BCUT2D eigenvalue weighted by Crippen LogP contribution is 2.33. The predicted molar refractivity (Wildman–Crippen MR) is 83.9 cm³/mol. The van der Waals surface area contributed by atoms with E-state index in [0.717, 1.165) is 31.0 Å². The number of carbonyl (C=O) groups excluding carboxylic acids is 1. The van der Waals surface area contributed by atoms with Gasteiger partial charge in [-0.05, 0) is 18.8 Å². The topological polar surface area (TPSA) is 72.8 Å². The molecular weight excluding hydrogens is 282 g/mol. The number of aliphatic hydroxyl groups is 1. The minimum atomic E-state index is -0.298. The van der Waals surface area contributed by atoms with E-state index in [1.54, 1.807) is 4.90 Å². The molecule has 7 nitrogen and oxygen atoms in total. The van der Waals surface area contributed by atoms with Crippen LogP contribution in [0.4, 0.5) is 11.6 Å². The summed E-state index contributed by atoms with van der Waals surface area (Å²) < 4.78 is 0. The minimum absolute atomic E-state index is 0.101. The Morgan fingerprint density at radius 3 is 2.86 bits per heavy atom. The molecule has 120 valence electrons. The van der Waals surface area contributed by atoms with Gasteiger partial charge in [0.25, 0.3) is 0 Å². The van der Waals surface area contributed by atoms with E-state index >= 15 is 0 Å². The second-order valence-electron chi connectivity index (χ2n) is 6.26. The molecule has 2 aliphatic rings. The third-order valence-corrected chi connectivity index (χ3v) is 4.44. The van der Waals surface area contributed by atoms with Gasteiger partial charge >= 0.3 is 0 Å². The van der Waals surface area contributed by atoms with Crippen LogP contribution < -0.4 is 9.80 Å². The lowest BCUT2D eigenvalue weighted by Gasteiger charge is -2.33. The molecular formula is C15H23N5O2. The number of hydrogen-bond acceptors (Lipinski definition) is 6. The zero-order valence-electron chi connectivity index (χ0n) is 13.1. The van der Waals surface area contributed by atoms with Crippen LogP contribution in [0.5, 0.6) is 0 Å². The molecule has 1 saturated heterocycles. The SMILES string of the molecule is CN1CCN(c2cc(N(C)CC(O)C3CC3)ncn2)CC1=O. The van der Waals surface area contributed by atoms with Crippen LogP contribution in [0.15, 0.2) is 12.4 Å².